The predicted molar refractivity (Wildman–Crippen MR) is 261 cm³/mol. The molecule has 16 heteroatoms. The van der Waals surface area contributed by atoms with Crippen LogP contribution in [-0.2, 0) is 40.0 Å². The van der Waals surface area contributed by atoms with E-state index in [1.807, 2.05) is 56.3 Å². The highest BCUT2D eigenvalue weighted by Crippen LogP contribution is 2.36. The van der Waals surface area contributed by atoms with Crippen LogP contribution in [-0.4, -0.2) is 105 Å². The van der Waals surface area contributed by atoms with Gasteiger partial charge >= 0.3 is 23.8 Å². The number of aryl methyl sites for hydroxylation is 4. The van der Waals surface area contributed by atoms with Crippen molar-refractivity contribution in [1.82, 2.24) is 9.80 Å². The fraction of sp³-hybridized carbons (Fsp3) is 0.472. The number of hydrogen-bond donors (Lipinski definition) is 3. The normalized spacial score (nSPS) is 19.4. The number of likely N-dealkylation sites (tertiary alicyclic amines) is 2. The molecule has 4 aromatic rings. The van der Waals surface area contributed by atoms with Crippen molar-refractivity contribution < 1.29 is 56.8 Å². The van der Waals surface area contributed by atoms with E-state index < -0.39 is 72.7 Å². The summed E-state index contributed by atoms with van der Waals surface area (Å²) in [5.41, 5.74) is 2.49. The number of carboxylic acid groups (broad SMARTS) is 1. The van der Waals surface area contributed by atoms with Crippen molar-refractivity contribution in [3.63, 3.8) is 0 Å². The van der Waals surface area contributed by atoms with Gasteiger partial charge in [0.05, 0.1) is 31.4 Å². The monoisotopic (exact) mass is 996 g/mol. The largest absolute Gasteiger partial charge is 0.477 e. The van der Waals surface area contributed by atoms with Gasteiger partial charge < -0.3 is 29.9 Å². The zero-order chi connectivity index (χ0) is 50.1. The molecule has 0 saturated carbocycles. The van der Waals surface area contributed by atoms with Crippen LogP contribution in [0.25, 0.3) is 0 Å². The van der Waals surface area contributed by atoms with E-state index in [9.17, 15) is 47.0 Å². The fourth-order valence-electron chi connectivity index (χ4n) is 8.47. The number of ether oxygens (including phenoxy) is 1. The van der Waals surface area contributed by atoms with Crippen molar-refractivity contribution in [3.8, 4) is 0 Å². The quantitative estimate of drug-likeness (QED) is 0.0358. The van der Waals surface area contributed by atoms with Gasteiger partial charge in [0.2, 0.25) is 0 Å². The Hall–Kier alpha value is -5.16. The third-order valence-electron chi connectivity index (χ3n) is 12.6. The van der Waals surface area contributed by atoms with Gasteiger partial charge in [0.15, 0.2) is 0 Å². The minimum absolute atomic E-state index is 0.0242. The Balaban J connectivity index is 0.000000258. The van der Waals surface area contributed by atoms with Crippen LogP contribution in [0.15, 0.2) is 109 Å². The summed E-state index contributed by atoms with van der Waals surface area (Å²) in [6.07, 6.45) is 10.7. The SMILES string of the molecule is COC(=O)c1ccc(CCCN2C(=O)C(F)(F)C[C@@H]2/C=C/[C@@H](O)[C@H](C)CCCc2ccccc2)s1.C[C@H](CCCc1ccccc1)[C@H](O)/C=C/[C@H]1CC(F)(F)C(=O)N1CCCc1ccc(C(=O)O)s1. The summed E-state index contributed by atoms with van der Waals surface area (Å²) in [6.45, 7) is 4.19. The molecule has 2 aliphatic rings. The van der Waals surface area contributed by atoms with Crippen LogP contribution in [0.1, 0.15) is 105 Å². The van der Waals surface area contributed by atoms with Gasteiger partial charge in [0.25, 0.3) is 11.8 Å². The summed E-state index contributed by atoms with van der Waals surface area (Å²) in [5, 5.41) is 30.1. The maximum atomic E-state index is 14.2. The van der Waals surface area contributed by atoms with Gasteiger partial charge in [-0.3, -0.25) is 9.59 Å². The van der Waals surface area contributed by atoms with Gasteiger partial charge in [-0.25, -0.2) is 9.59 Å². The smallest absolute Gasteiger partial charge is 0.348 e. The Kier molecular flexibility index (Phi) is 20.8. The lowest BCUT2D eigenvalue weighted by molar-refractivity contribution is -0.148. The number of methoxy groups -OCH3 is 1. The highest BCUT2D eigenvalue weighted by atomic mass is 32.1. The molecule has 6 rings (SSSR count). The summed E-state index contributed by atoms with van der Waals surface area (Å²) in [7, 11) is 1.32. The molecule has 2 saturated heterocycles. The van der Waals surface area contributed by atoms with Crippen LogP contribution in [0.3, 0.4) is 0 Å². The second kappa shape index (κ2) is 26.2. The van der Waals surface area contributed by atoms with Crippen LogP contribution in [0.2, 0.25) is 0 Å². The zero-order valence-corrected chi connectivity index (χ0v) is 41.0. The molecule has 374 valence electrons. The van der Waals surface area contributed by atoms with E-state index in [2.05, 4.69) is 24.3 Å². The molecule has 0 aliphatic carbocycles. The number of carboxylic acids is 1. The van der Waals surface area contributed by atoms with Crippen molar-refractivity contribution in [1.29, 1.82) is 0 Å². The van der Waals surface area contributed by atoms with E-state index in [1.54, 1.807) is 24.3 Å². The first-order chi connectivity index (χ1) is 32.9. The summed E-state index contributed by atoms with van der Waals surface area (Å²) in [4.78, 5) is 52.0. The molecule has 0 radical (unpaired) electrons. The number of aromatic carboxylic acids is 1. The van der Waals surface area contributed by atoms with Gasteiger partial charge in [-0.15, -0.1) is 22.7 Å². The van der Waals surface area contributed by atoms with Crippen LogP contribution < -0.4 is 0 Å². The van der Waals surface area contributed by atoms with E-state index >= 15 is 0 Å². The van der Waals surface area contributed by atoms with E-state index in [0.717, 1.165) is 59.6 Å². The Morgan fingerprint density at radius 3 is 1.45 bits per heavy atom. The lowest BCUT2D eigenvalue weighted by Crippen LogP contribution is -2.36. The van der Waals surface area contributed by atoms with E-state index in [4.69, 9.17) is 9.84 Å². The molecule has 2 fully saturated rings. The lowest BCUT2D eigenvalue weighted by atomic mass is 9.95. The summed E-state index contributed by atoms with van der Waals surface area (Å²) < 4.78 is 61.4. The van der Waals surface area contributed by atoms with E-state index in [0.29, 0.717) is 30.6 Å². The van der Waals surface area contributed by atoms with Crippen molar-refractivity contribution in [2.75, 3.05) is 20.2 Å². The van der Waals surface area contributed by atoms with Gasteiger partial charge in [-0.2, -0.15) is 17.6 Å². The number of amides is 2. The number of nitrogens with zero attached hydrogens (tertiary/aromatic N) is 2. The molecule has 3 N–H and O–H groups in total. The number of hydrogen-bond acceptors (Lipinski definition) is 9. The van der Waals surface area contributed by atoms with Crippen molar-refractivity contribution >= 4 is 46.4 Å². The average Bonchev–Trinajstić information content (AvgIpc) is 4.11. The van der Waals surface area contributed by atoms with E-state index in [1.165, 1.54) is 57.6 Å². The van der Waals surface area contributed by atoms with Crippen molar-refractivity contribution in [2.45, 2.75) is 127 Å². The molecule has 10 nitrogen and oxygen atoms in total. The number of aliphatic hydroxyl groups is 2. The first-order valence-corrected chi connectivity index (χ1v) is 25.2. The van der Waals surface area contributed by atoms with Crippen molar-refractivity contribution in [2.24, 2.45) is 11.8 Å². The number of alkyl halides is 4. The number of halogens is 4. The Morgan fingerprint density at radius 1 is 0.652 bits per heavy atom. The first-order valence-electron chi connectivity index (χ1n) is 23.6. The molecule has 2 aliphatic heterocycles. The Labute approximate surface area is 410 Å². The minimum atomic E-state index is -3.42. The lowest BCUT2D eigenvalue weighted by Gasteiger charge is -2.22. The predicted octanol–water partition coefficient (Wildman–Crippen LogP) is 10.5. The number of carbonyl (C=O) groups excluding carboxylic acids is 3. The first kappa shape index (κ1) is 54.8. The number of carbonyl (C=O) groups is 4. The zero-order valence-electron chi connectivity index (χ0n) is 39.4. The van der Waals surface area contributed by atoms with Crippen LogP contribution in [0, 0.1) is 11.8 Å². The summed E-state index contributed by atoms with van der Waals surface area (Å²) >= 11 is 2.45. The van der Waals surface area contributed by atoms with Crippen LogP contribution >= 0.6 is 22.7 Å². The third kappa shape index (κ3) is 16.5. The highest BCUT2D eigenvalue weighted by molar-refractivity contribution is 7.14. The molecular formula is C53H64F4N2O8S2. The van der Waals surface area contributed by atoms with Gasteiger partial charge in [0, 0.05) is 35.7 Å². The maximum Gasteiger partial charge on any atom is 0.348 e. The molecule has 0 spiro atoms. The average molecular weight is 997 g/mol. The molecular weight excluding hydrogens is 933 g/mol. The number of aliphatic hydroxyl groups excluding tert-OH is 2. The second-order valence-electron chi connectivity index (χ2n) is 17.9. The van der Waals surface area contributed by atoms with Crippen LogP contribution in [0.4, 0.5) is 17.6 Å². The Bertz CT molecular complexity index is 2320. The maximum absolute atomic E-state index is 14.2. The summed E-state index contributed by atoms with van der Waals surface area (Å²) in [6, 6.07) is 25.4. The number of thiophene rings is 2. The minimum Gasteiger partial charge on any atom is -0.477 e. The van der Waals surface area contributed by atoms with Crippen molar-refractivity contribution in [3.05, 3.63) is 140 Å². The third-order valence-corrected chi connectivity index (χ3v) is 14.9. The molecule has 69 heavy (non-hydrogen) atoms. The molecule has 4 heterocycles. The molecule has 0 unspecified atom stereocenters. The topological polar surface area (TPSA) is 145 Å². The number of esters is 1. The molecule has 0 bridgehead atoms. The van der Waals surface area contributed by atoms with Crippen LogP contribution in [0.5, 0.6) is 0 Å². The molecule has 6 atom stereocenters. The van der Waals surface area contributed by atoms with E-state index in [-0.39, 0.29) is 29.8 Å². The number of benzene rings is 2. The van der Waals surface area contributed by atoms with Gasteiger partial charge in [0.1, 0.15) is 9.75 Å². The van der Waals surface area contributed by atoms with Gasteiger partial charge in [-0.1, -0.05) is 98.8 Å². The fourth-order valence-corrected chi connectivity index (χ4v) is 10.3. The van der Waals surface area contributed by atoms with Gasteiger partial charge in [-0.05, 0) is 111 Å². The molecule has 2 amide bonds. The highest BCUT2D eigenvalue weighted by Gasteiger charge is 2.53. The molecule has 2 aromatic heterocycles. The molecule has 2 aromatic carbocycles. The summed E-state index contributed by atoms with van der Waals surface area (Å²) in [5.74, 6) is -10.6. The second-order valence-corrected chi connectivity index (χ2v) is 20.3. The standard InChI is InChI=1S/C27H33F2NO4S.C26H31F2NO4S/c1-19(8-6-11-20-9-4-3-5-10-20)23(31)15-13-21-18-27(28,29)26(33)30(21)17-7-12-22-14-16-24(35-22)25(32)34-2;1-18(7-5-10-19-8-3-2-4-9-19)22(30)14-12-20-17-26(27,28)25(33)29(20)16-6-11-21-13-15-23(34-21)24(31)32/h3-5,9-10,13-16,19,21,23,31H,6-8,11-12,17-18H2,1-2H3;2-4,8-9,12-15,18,20,22,30H,5-7,10-11,16-17H2,1H3,(H,31,32)/b15-13+;14-12+/t19-,21+,23-;18-,20+,22-/m11/s1. The Morgan fingerprint density at radius 2 is 1.06 bits per heavy atom. The number of rotatable bonds is 24.